The van der Waals surface area contributed by atoms with Gasteiger partial charge in [0.05, 0.1) is 17.7 Å². The lowest BCUT2D eigenvalue weighted by Gasteiger charge is -2.13. The van der Waals surface area contributed by atoms with Crippen LogP contribution >= 0.6 is 0 Å². The average Bonchev–Trinajstić information content (AvgIpc) is 2.98. The summed E-state index contributed by atoms with van der Waals surface area (Å²) in [7, 11) is 0. The first-order valence-corrected chi connectivity index (χ1v) is 6.23. The van der Waals surface area contributed by atoms with Crippen LogP contribution in [0.1, 0.15) is 12.7 Å². The molecule has 2 heterocycles. The van der Waals surface area contributed by atoms with E-state index in [9.17, 15) is 14.9 Å². The van der Waals surface area contributed by atoms with Crippen LogP contribution in [0.5, 0.6) is 0 Å². The van der Waals surface area contributed by atoms with Crippen molar-refractivity contribution in [1.29, 1.82) is 0 Å². The van der Waals surface area contributed by atoms with Gasteiger partial charge >= 0.3 is 0 Å². The zero-order valence-electron chi connectivity index (χ0n) is 11.3. The quantitative estimate of drug-likeness (QED) is 0.619. The van der Waals surface area contributed by atoms with Gasteiger partial charge in [-0.2, -0.15) is 0 Å². The minimum absolute atomic E-state index is 0.101. The monoisotopic (exact) mass is 290 g/mol. The van der Waals surface area contributed by atoms with E-state index in [0.29, 0.717) is 18.1 Å². The van der Waals surface area contributed by atoms with Crippen molar-refractivity contribution in [3.8, 4) is 0 Å². The molecule has 0 aliphatic carbocycles. The standard InChI is InChI=1S/C13H14N4O4/c1-9(13(18)15-8-11-3-2-6-21-11)16-12-5-4-10(7-14-12)17(19)20/h2-7,9H,8H2,1H3,(H,14,16)(H,15,18). The maximum Gasteiger partial charge on any atom is 0.287 e. The second kappa shape index (κ2) is 6.51. The van der Waals surface area contributed by atoms with Gasteiger partial charge in [-0.3, -0.25) is 14.9 Å². The Morgan fingerprint density at radius 3 is 2.86 bits per heavy atom. The smallest absolute Gasteiger partial charge is 0.287 e. The molecule has 1 amide bonds. The van der Waals surface area contributed by atoms with Crippen LogP contribution in [0.3, 0.4) is 0 Å². The number of pyridine rings is 1. The van der Waals surface area contributed by atoms with Crippen molar-refractivity contribution in [2.24, 2.45) is 0 Å². The molecule has 0 aliphatic heterocycles. The fraction of sp³-hybridized carbons (Fsp3) is 0.231. The second-order valence-corrected chi connectivity index (χ2v) is 4.32. The second-order valence-electron chi connectivity index (χ2n) is 4.32. The van der Waals surface area contributed by atoms with Gasteiger partial charge < -0.3 is 15.1 Å². The Labute approximate surface area is 120 Å². The van der Waals surface area contributed by atoms with Gasteiger partial charge in [0, 0.05) is 6.07 Å². The lowest BCUT2D eigenvalue weighted by Crippen LogP contribution is -2.37. The summed E-state index contributed by atoms with van der Waals surface area (Å²) in [5.74, 6) is 0.816. The molecular formula is C13H14N4O4. The van der Waals surface area contributed by atoms with Crippen LogP contribution in [0, 0.1) is 10.1 Å². The van der Waals surface area contributed by atoms with Gasteiger partial charge in [-0.1, -0.05) is 0 Å². The number of furan rings is 1. The van der Waals surface area contributed by atoms with E-state index in [4.69, 9.17) is 4.42 Å². The summed E-state index contributed by atoms with van der Waals surface area (Å²) in [5, 5.41) is 16.1. The first-order valence-electron chi connectivity index (χ1n) is 6.23. The third kappa shape index (κ3) is 4.03. The first kappa shape index (κ1) is 14.5. The SMILES string of the molecule is CC(Nc1ccc([N+](=O)[O-])cn1)C(=O)NCc1ccco1. The predicted octanol–water partition coefficient (Wildman–Crippen LogP) is 1.70. The Morgan fingerprint density at radius 2 is 2.29 bits per heavy atom. The minimum atomic E-state index is -0.533. The highest BCUT2D eigenvalue weighted by molar-refractivity contribution is 5.83. The summed E-state index contributed by atoms with van der Waals surface area (Å²) < 4.78 is 5.11. The van der Waals surface area contributed by atoms with Crippen molar-refractivity contribution in [2.45, 2.75) is 19.5 Å². The number of carbonyl (C=O) groups is 1. The molecule has 110 valence electrons. The van der Waals surface area contributed by atoms with Crippen LogP contribution in [0.2, 0.25) is 0 Å². The van der Waals surface area contributed by atoms with Crippen molar-refractivity contribution in [3.63, 3.8) is 0 Å². The molecule has 2 aromatic heterocycles. The van der Waals surface area contributed by atoms with E-state index in [2.05, 4.69) is 15.6 Å². The van der Waals surface area contributed by atoms with Crippen LogP contribution in [-0.2, 0) is 11.3 Å². The van der Waals surface area contributed by atoms with Crippen molar-refractivity contribution in [3.05, 3.63) is 52.6 Å². The molecule has 0 bridgehead atoms. The molecule has 0 saturated carbocycles. The Morgan fingerprint density at radius 1 is 1.48 bits per heavy atom. The number of amides is 1. The number of aromatic nitrogens is 1. The van der Waals surface area contributed by atoms with Gasteiger partial charge in [-0.05, 0) is 25.1 Å². The molecule has 1 atom stereocenters. The van der Waals surface area contributed by atoms with Gasteiger partial charge in [0.1, 0.15) is 23.8 Å². The van der Waals surface area contributed by atoms with Gasteiger partial charge in [-0.25, -0.2) is 4.98 Å². The number of hydrogen-bond acceptors (Lipinski definition) is 6. The average molecular weight is 290 g/mol. The van der Waals surface area contributed by atoms with Crippen molar-refractivity contribution in [2.75, 3.05) is 5.32 Å². The molecule has 2 aromatic rings. The Kier molecular flexibility index (Phi) is 4.50. The molecule has 8 nitrogen and oxygen atoms in total. The highest BCUT2D eigenvalue weighted by Gasteiger charge is 2.14. The number of nitrogens with one attached hydrogen (secondary N) is 2. The molecule has 2 N–H and O–H groups in total. The lowest BCUT2D eigenvalue weighted by atomic mass is 10.3. The molecule has 8 heteroatoms. The number of rotatable bonds is 6. The minimum Gasteiger partial charge on any atom is -0.467 e. The van der Waals surface area contributed by atoms with Crippen molar-refractivity contribution in [1.82, 2.24) is 10.3 Å². The molecule has 21 heavy (non-hydrogen) atoms. The van der Waals surface area contributed by atoms with E-state index in [1.54, 1.807) is 19.1 Å². The molecule has 2 rings (SSSR count). The van der Waals surface area contributed by atoms with E-state index in [0.717, 1.165) is 6.20 Å². The van der Waals surface area contributed by atoms with Crippen LogP contribution in [0.4, 0.5) is 11.5 Å². The van der Waals surface area contributed by atoms with Gasteiger partial charge in [0.15, 0.2) is 0 Å². The lowest BCUT2D eigenvalue weighted by molar-refractivity contribution is -0.385. The molecule has 0 aromatic carbocycles. The number of nitrogens with zero attached hydrogens (tertiary/aromatic N) is 2. The molecular weight excluding hydrogens is 276 g/mol. The third-order valence-corrected chi connectivity index (χ3v) is 2.73. The summed E-state index contributed by atoms with van der Waals surface area (Å²) in [6, 6.07) is 5.74. The van der Waals surface area contributed by atoms with Crippen molar-refractivity contribution >= 4 is 17.4 Å². The summed E-state index contributed by atoms with van der Waals surface area (Å²) in [6.07, 6.45) is 2.67. The van der Waals surface area contributed by atoms with E-state index < -0.39 is 11.0 Å². The van der Waals surface area contributed by atoms with Crippen molar-refractivity contribution < 1.29 is 14.1 Å². The van der Waals surface area contributed by atoms with E-state index >= 15 is 0 Å². The molecule has 0 radical (unpaired) electrons. The summed E-state index contributed by atoms with van der Waals surface area (Å²) in [6.45, 7) is 1.96. The maximum absolute atomic E-state index is 11.9. The summed E-state index contributed by atoms with van der Waals surface area (Å²) >= 11 is 0. The highest BCUT2D eigenvalue weighted by atomic mass is 16.6. The van der Waals surface area contributed by atoms with Gasteiger partial charge in [-0.15, -0.1) is 0 Å². The van der Waals surface area contributed by atoms with Crippen LogP contribution in [0.25, 0.3) is 0 Å². The normalized spacial score (nSPS) is 11.7. The summed E-state index contributed by atoms with van der Waals surface area (Å²) in [4.78, 5) is 25.7. The first-order chi connectivity index (χ1) is 10.1. The zero-order chi connectivity index (χ0) is 15.2. The Bertz CT molecular complexity index is 610. The molecule has 0 aliphatic rings. The maximum atomic E-state index is 11.9. The fourth-order valence-corrected chi connectivity index (χ4v) is 1.61. The van der Waals surface area contributed by atoms with E-state index in [1.807, 2.05) is 0 Å². The molecule has 1 unspecified atom stereocenters. The van der Waals surface area contributed by atoms with E-state index in [1.165, 1.54) is 18.4 Å². The number of hydrogen-bond donors (Lipinski definition) is 2. The Balaban J connectivity index is 1.86. The number of anilines is 1. The molecule has 0 spiro atoms. The molecule has 0 fully saturated rings. The number of nitro groups is 1. The highest BCUT2D eigenvalue weighted by Crippen LogP contribution is 2.12. The summed E-state index contributed by atoms with van der Waals surface area (Å²) in [5.41, 5.74) is -0.101. The topological polar surface area (TPSA) is 110 Å². The van der Waals surface area contributed by atoms with E-state index in [-0.39, 0.29) is 11.6 Å². The zero-order valence-corrected chi connectivity index (χ0v) is 11.3. The van der Waals surface area contributed by atoms with Crippen LogP contribution < -0.4 is 10.6 Å². The Hall–Kier alpha value is -2.90. The number of carbonyl (C=O) groups excluding carboxylic acids is 1. The van der Waals surface area contributed by atoms with Gasteiger partial charge in [0.25, 0.3) is 5.69 Å². The van der Waals surface area contributed by atoms with Gasteiger partial charge in [0.2, 0.25) is 5.91 Å². The predicted molar refractivity (Wildman–Crippen MR) is 74.5 cm³/mol. The van der Waals surface area contributed by atoms with Crippen LogP contribution in [-0.4, -0.2) is 21.9 Å². The largest absolute Gasteiger partial charge is 0.467 e. The third-order valence-electron chi connectivity index (χ3n) is 2.73. The van der Waals surface area contributed by atoms with Crippen LogP contribution in [0.15, 0.2) is 41.1 Å². The fourth-order valence-electron chi connectivity index (χ4n) is 1.61. The molecule has 0 saturated heterocycles.